The molecule has 0 saturated carbocycles. The Morgan fingerprint density at radius 1 is 1.33 bits per heavy atom. The SMILES string of the molecule is CCNc1ccc([N+](=O)[O-])cc1CN1CCS(=O)(=O)CC1. The minimum Gasteiger partial charge on any atom is -0.385 e. The van der Waals surface area contributed by atoms with Crippen LogP contribution in [0.3, 0.4) is 0 Å². The highest BCUT2D eigenvalue weighted by atomic mass is 32.2. The standard InChI is InChI=1S/C13H19N3O4S/c1-2-14-13-4-3-12(16(17)18)9-11(13)10-15-5-7-21(19,20)8-6-15/h3-4,9,14H,2,5-8,10H2,1H3. The van der Waals surface area contributed by atoms with Crippen LogP contribution in [0.1, 0.15) is 12.5 Å². The molecule has 1 aromatic carbocycles. The molecule has 0 spiro atoms. The number of sulfone groups is 1. The van der Waals surface area contributed by atoms with Crippen molar-refractivity contribution in [2.24, 2.45) is 0 Å². The number of anilines is 1. The quantitative estimate of drug-likeness (QED) is 0.650. The summed E-state index contributed by atoms with van der Waals surface area (Å²) in [5.41, 5.74) is 1.73. The van der Waals surface area contributed by atoms with E-state index < -0.39 is 14.8 Å². The molecule has 0 radical (unpaired) electrons. The van der Waals surface area contributed by atoms with Gasteiger partial charge in [-0.15, -0.1) is 0 Å². The minimum atomic E-state index is -2.92. The fraction of sp³-hybridized carbons (Fsp3) is 0.538. The van der Waals surface area contributed by atoms with E-state index in [1.54, 1.807) is 12.1 Å². The first-order valence-electron chi connectivity index (χ1n) is 6.85. The molecule has 2 rings (SSSR count). The maximum atomic E-state index is 11.4. The van der Waals surface area contributed by atoms with Gasteiger partial charge in [-0.3, -0.25) is 15.0 Å². The van der Waals surface area contributed by atoms with Gasteiger partial charge in [-0.2, -0.15) is 0 Å². The molecule has 1 aliphatic rings. The summed E-state index contributed by atoms with van der Waals surface area (Å²) in [6.07, 6.45) is 0. The van der Waals surface area contributed by atoms with Crippen molar-refractivity contribution in [1.29, 1.82) is 0 Å². The van der Waals surface area contributed by atoms with Crippen LogP contribution in [0.5, 0.6) is 0 Å². The molecule has 8 heteroatoms. The molecule has 0 atom stereocenters. The second kappa shape index (κ2) is 6.40. The second-order valence-corrected chi connectivity index (χ2v) is 7.36. The lowest BCUT2D eigenvalue weighted by Crippen LogP contribution is -2.39. The lowest BCUT2D eigenvalue weighted by atomic mass is 10.1. The summed E-state index contributed by atoms with van der Waals surface area (Å²) in [6, 6.07) is 4.74. The molecule has 0 aliphatic carbocycles. The number of benzene rings is 1. The molecular weight excluding hydrogens is 294 g/mol. The average molecular weight is 313 g/mol. The van der Waals surface area contributed by atoms with Crippen LogP contribution in [0.2, 0.25) is 0 Å². The first kappa shape index (κ1) is 15.7. The Balaban J connectivity index is 2.17. The van der Waals surface area contributed by atoms with Gasteiger partial charge >= 0.3 is 0 Å². The first-order valence-corrected chi connectivity index (χ1v) is 8.67. The monoisotopic (exact) mass is 313 g/mol. The largest absolute Gasteiger partial charge is 0.385 e. The zero-order chi connectivity index (χ0) is 15.5. The van der Waals surface area contributed by atoms with Crippen LogP contribution in [-0.4, -0.2) is 49.4 Å². The summed E-state index contributed by atoms with van der Waals surface area (Å²) in [5, 5.41) is 14.1. The maximum absolute atomic E-state index is 11.4. The molecule has 1 N–H and O–H groups in total. The van der Waals surface area contributed by atoms with Crippen LogP contribution in [0.4, 0.5) is 11.4 Å². The van der Waals surface area contributed by atoms with Gasteiger partial charge in [-0.1, -0.05) is 0 Å². The van der Waals surface area contributed by atoms with Crippen LogP contribution in [0.15, 0.2) is 18.2 Å². The van der Waals surface area contributed by atoms with Crippen molar-refractivity contribution < 1.29 is 13.3 Å². The molecule has 1 heterocycles. The molecule has 1 fully saturated rings. The molecular formula is C13H19N3O4S. The van der Waals surface area contributed by atoms with E-state index in [9.17, 15) is 18.5 Å². The van der Waals surface area contributed by atoms with Gasteiger partial charge < -0.3 is 5.32 Å². The zero-order valence-electron chi connectivity index (χ0n) is 11.9. The van der Waals surface area contributed by atoms with Crippen molar-refractivity contribution in [1.82, 2.24) is 4.90 Å². The predicted molar refractivity (Wildman–Crippen MR) is 81.2 cm³/mol. The number of nitrogens with zero attached hydrogens (tertiary/aromatic N) is 2. The van der Waals surface area contributed by atoms with Gasteiger partial charge in [0.25, 0.3) is 5.69 Å². The van der Waals surface area contributed by atoms with Gasteiger partial charge in [0, 0.05) is 44.0 Å². The van der Waals surface area contributed by atoms with E-state index in [4.69, 9.17) is 0 Å². The first-order chi connectivity index (χ1) is 9.91. The van der Waals surface area contributed by atoms with E-state index in [1.165, 1.54) is 6.07 Å². The number of nitro benzene ring substituents is 1. The van der Waals surface area contributed by atoms with Crippen molar-refractivity contribution in [3.05, 3.63) is 33.9 Å². The minimum absolute atomic E-state index is 0.0521. The van der Waals surface area contributed by atoms with Crippen LogP contribution >= 0.6 is 0 Å². The highest BCUT2D eigenvalue weighted by Crippen LogP contribution is 2.24. The van der Waals surface area contributed by atoms with Crippen molar-refractivity contribution in [2.45, 2.75) is 13.5 Å². The normalized spacial score (nSPS) is 18.3. The Kier molecular flexibility index (Phi) is 4.79. The Hall–Kier alpha value is -1.67. The second-order valence-electron chi connectivity index (χ2n) is 5.06. The highest BCUT2D eigenvalue weighted by Gasteiger charge is 2.22. The van der Waals surface area contributed by atoms with Crippen LogP contribution < -0.4 is 5.32 Å². The number of rotatable bonds is 5. The summed E-state index contributed by atoms with van der Waals surface area (Å²) in [7, 11) is -2.92. The Labute approximate surface area is 124 Å². The lowest BCUT2D eigenvalue weighted by Gasteiger charge is -2.27. The number of nitro groups is 1. The van der Waals surface area contributed by atoms with E-state index in [-0.39, 0.29) is 17.2 Å². The highest BCUT2D eigenvalue weighted by molar-refractivity contribution is 7.91. The molecule has 0 unspecified atom stereocenters. The predicted octanol–water partition coefficient (Wildman–Crippen LogP) is 1.26. The molecule has 116 valence electrons. The van der Waals surface area contributed by atoms with Crippen molar-refractivity contribution in [2.75, 3.05) is 36.5 Å². The Morgan fingerprint density at radius 2 is 2.00 bits per heavy atom. The molecule has 7 nitrogen and oxygen atoms in total. The van der Waals surface area contributed by atoms with Crippen LogP contribution in [-0.2, 0) is 16.4 Å². The summed E-state index contributed by atoms with van der Waals surface area (Å²) >= 11 is 0. The molecule has 1 aromatic rings. The zero-order valence-corrected chi connectivity index (χ0v) is 12.7. The number of nitrogens with one attached hydrogen (secondary N) is 1. The number of non-ortho nitro benzene ring substituents is 1. The molecule has 21 heavy (non-hydrogen) atoms. The molecule has 1 saturated heterocycles. The average Bonchev–Trinajstić information content (AvgIpc) is 2.43. The fourth-order valence-corrected chi connectivity index (χ4v) is 3.61. The van der Waals surface area contributed by atoms with Gasteiger partial charge in [0.05, 0.1) is 16.4 Å². The summed E-state index contributed by atoms with van der Waals surface area (Å²) in [5.74, 6) is 0.303. The summed E-state index contributed by atoms with van der Waals surface area (Å²) in [4.78, 5) is 12.5. The van der Waals surface area contributed by atoms with Crippen molar-refractivity contribution >= 4 is 21.2 Å². The van der Waals surface area contributed by atoms with Crippen molar-refractivity contribution in [3.63, 3.8) is 0 Å². The molecule has 0 aromatic heterocycles. The third-order valence-corrected chi connectivity index (χ3v) is 5.11. The smallest absolute Gasteiger partial charge is 0.269 e. The third-order valence-electron chi connectivity index (χ3n) is 3.50. The maximum Gasteiger partial charge on any atom is 0.269 e. The van der Waals surface area contributed by atoms with Gasteiger partial charge in [0.2, 0.25) is 0 Å². The fourth-order valence-electron chi connectivity index (χ4n) is 2.34. The molecule has 0 bridgehead atoms. The summed E-state index contributed by atoms with van der Waals surface area (Å²) < 4.78 is 22.9. The molecule has 1 aliphatic heterocycles. The van der Waals surface area contributed by atoms with E-state index in [0.717, 1.165) is 17.8 Å². The van der Waals surface area contributed by atoms with Crippen molar-refractivity contribution in [3.8, 4) is 0 Å². The van der Waals surface area contributed by atoms with E-state index in [0.29, 0.717) is 19.6 Å². The van der Waals surface area contributed by atoms with Crippen LogP contribution in [0.25, 0.3) is 0 Å². The van der Waals surface area contributed by atoms with E-state index >= 15 is 0 Å². The molecule has 0 amide bonds. The number of hydrogen-bond donors (Lipinski definition) is 1. The van der Waals surface area contributed by atoms with E-state index in [1.807, 2.05) is 11.8 Å². The Bertz CT molecular complexity index is 616. The van der Waals surface area contributed by atoms with E-state index in [2.05, 4.69) is 5.32 Å². The lowest BCUT2D eigenvalue weighted by molar-refractivity contribution is -0.384. The van der Waals surface area contributed by atoms with Gasteiger partial charge in [0.15, 0.2) is 9.84 Å². The topological polar surface area (TPSA) is 92.6 Å². The number of hydrogen-bond acceptors (Lipinski definition) is 6. The van der Waals surface area contributed by atoms with Gasteiger partial charge in [-0.25, -0.2) is 8.42 Å². The summed E-state index contributed by atoms with van der Waals surface area (Å²) in [6.45, 7) is 4.13. The van der Waals surface area contributed by atoms with Gasteiger partial charge in [-0.05, 0) is 18.6 Å². The third kappa shape index (κ3) is 4.15. The van der Waals surface area contributed by atoms with Crippen LogP contribution in [0, 0.1) is 10.1 Å². The Morgan fingerprint density at radius 3 is 2.57 bits per heavy atom. The van der Waals surface area contributed by atoms with Gasteiger partial charge in [0.1, 0.15) is 0 Å².